The smallest absolute Gasteiger partial charge is 0.254 e. The van der Waals surface area contributed by atoms with Crippen LogP contribution in [-0.4, -0.2) is 38.2 Å². The molecule has 0 aliphatic heterocycles. The number of aryl methyl sites for hydroxylation is 1. The number of carbonyl (C=O) groups is 2. The SMILES string of the molecule is CNS(=O)(=O)c1cc(C(=O)N(Cc2ccc(C(N)=O)cc2)C2CC2)cc(C)c1C. The second kappa shape index (κ2) is 7.96. The highest BCUT2D eigenvalue weighted by Crippen LogP contribution is 2.31. The van der Waals surface area contributed by atoms with Crippen molar-refractivity contribution in [3.63, 3.8) is 0 Å². The fourth-order valence-electron chi connectivity index (χ4n) is 3.23. The molecule has 0 radical (unpaired) electrons. The van der Waals surface area contributed by atoms with E-state index in [0.717, 1.165) is 24.0 Å². The summed E-state index contributed by atoms with van der Waals surface area (Å²) in [6.07, 6.45) is 1.83. The van der Waals surface area contributed by atoms with E-state index in [1.807, 2.05) is 0 Å². The Morgan fingerprint density at radius 1 is 1.10 bits per heavy atom. The molecule has 1 fully saturated rings. The lowest BCUT2D eigenvalue weighted by atomic mass is 10.0. The molecule has 3 N–H and O–H groups in total. The fourth-order valence-corrected chi connectivity index (χ4v) is 4.30. The summed E-state index contributed by atoms with van der Waals surface area (Å²) >= 11 is 0. The van der Waals surface area contributed by atoms with Crippen LogP contribution in [0.1, 0.15) is 50.2 Å². The molecule has 1 aliphatic rings. The van der Waals surface area contributed by atoms with Crippen LogP contribution in [0.3, 0.4) is 0 Å². The van der Waals surface area contributed by atoms with Gasteiger partial charge in [-0.3, -0.25) is 9.59 Å². The second-order valence-corrected chi connectivity index (χ2v) is 9.20. The van der Waals surface area contributed by atoms with Gasteiger partial charge in [0.25, 0.3) is 5.91 Å². The van der Waals surface area contributed by atoms with Gasteiger partial charge in [-0.05, 0) is 74.7 Å². The minimum Gasteiger partial charge on any atom is -0.366 e. The van der Waals surface area contributed by atoms with Crippen LogP contribution in [0.5, 0.6) is 0 Å². The van der Waals surface area contributed by atoms with Crippen molar-refractivity contribution in [3.05, 3.63) is 64.2 Å². The van der Waals surface area contributed by atoms with Gasteiger partial charge in [-0.1, -0.05) is 12.1 Å². The summed E-state index contributed by atoms with van der Waals surface area (Å²) < 4.78 is 27.1. The van der Waals surface area contributed by atoms with Crippen molar-refractivity contribution in [2.75, 3.05) is 7.05 Å². The maximum absolute atomic E-state index is 13.3. The molecule has 1 saturated carbocycles. The molecule has 3 rings (SSSR count). The summed E-state index contributed by atoms with van der Waals surface area (Å²) in [5, 5.41) is 0. The number of primary amides is 1. The van der Waals surface area contributed by atoms with Crippen molar-refractivity contribution >= 4 is 21.8 Å². The first-order valence-electron chi connectivity index (χ1n) is 9.38. The molecule has 2 aromatic rings. The van der Waals surface area contributed by atoms with Crippen molar-refractivity contribution in [2.45, 2.75) is 44.2 Å². The number of hydrogen-bond acceptors (Lipinski definition) is 4. The highest BCUT2D eigenvalue weighted by Gasteiger charge is 2.34. The van der Waals surface area contributed by atoms with Crippen LogP contribution in [0.4, 0.5) is 0 Å². The summed E-state index contributed by atoms with van der Waals surface area (Å²) in [6, 6.07) is 10.1. The van der Waals surface area contributed by atoms with Gasteiger partial charge in [0, 0.05) is 23.7 Å². The van der Waals surface area contributed by atoms with Gasteiger partial charge in [0.15, 0.2) is 0 Å². The molecule has 0 bridgehead atoms. The molecule has 0 heterocycles. The number of sulfonamides is 1. The molecule has 29 heavy (non-hydrogen) atoms. The van der Waals surface area contributed by atoms with Gasteiger partial charge in [0.1, 0.15) is 0 Å². The van der Waals surface area contributed by atoms with E-state index >= 15 is 0 Å². The van der Waals surface area contributed by atoms with E-state index in [9.17, 15) is 18.0 Å². The third kappa shape index (κ3) is 4.49. The van der Waals surface area contributed by atoms with Crippen LogP contribution < -0.4 is 10.5 Å². The average molecular weight is 416 g/mol. The highest BCUT2D eigenvalue weighted by atomic mass is 32.2. The lowest BCUT2D eigenvalue weighted by Crippen LogP contribution is -2.33. The van der Waals surface area contributed by atoms with Crippen LogP contribution in [0.15, 0.2) is 41.3 Å². The van der Waals surface area contributed by atoms with Gasteiger partial charge >= 0.3 is 0 Å². The number of nitrogens with one attached hydrogen (secondary N) is 1. The van der Waals surface area contributed by atoms with Gasteiger partial charge in [-0.15, -0.1) is 0 Å². The monoisotopic (exact) mass is 415 g/mol. The van der Waals surface area contributed by atoms with Crippen molar-refractivity contribution < 1.29 is 18.0 Å². The first-order valence-corrected chi connectivity index (χ1v) is 10.9. The molecule has 154 valence electrons. The summed E-state index contributed by atoms with van der Waals surface area (Å²) in [6.45, 7) is 3.90. The molecule has 8 heteroatoms. The standard InChI is InChI=1S/C21H25N3O4S/c1-13-10-17(11-19(14(13)2)29(27,28)23-3)21(26)24(18-8-9-18)12-15-4-6-16(7-5-15)20(22)25/h4-7,10-11,18,23H,8-9,12H2,1-3H3,(H2,22,25). The Hall–Kier alpha value is -2.71. The molecule has 1 aliphatic carbocycles. The molecule has 0 saturated heterocycles. The van der Waals surface area contributed by atoms with Crippen LogP contribution in [0.2, 0.25) is 0 Å². The second-order valence-electron chi connectivity index (χ2n) is 7.35. The zero-order valence-electron chi connectivity index (χ0n) is 16.7. The number of nitrogens with zero attached hydrogens (tertiary/aromatic N) is 1. The third-order valence-electron chi connectivity index (χ3n) is 5.26. The summed E-state index contributed by atoms with van der Waals surface area (Å²) in [5.74, 6) is -0.706. The van der Waals surface area contributed by atoms with Gasteiger partial charge in [-0.25, -0.2) is 13.1 Å². The number of carbonyl (C=O) groups excluding carboxylic acids is 2. The molecular weight excluding hydrogens is 390 g/mol. The Morgan fingerprint density at radius 2 is 1.72 bits per heavy atom. The van der Waals surface area contributed by atoms with Crippen molar-refractivity contribution in [1.82, 2.24) is 9.62 Å². The quantitative estimate of drug-likeness (QED) is 0.722. The van der Waals surface area contributed by atoms with Gasteiger partial charge < -0.3 is 10.6 Å². The lowest BCUT2D eigenvalue weighted by molar-refractivity contribution is 0.0729. The molecule has 2 amide bonds. The Labute approximate surface area is 171 Å². The van der Waals surface area contributed by atoms with E-state index in [-0.39, 0.29) is 16.8 Å². The van der Waals surface area contributed by atoms with E-state index < -0.39 is 15.9 Å². The number of rotatable bonds is 7. The molecular formula is C21H25N3O4S. The highest BCUT2D eigenvalue weighted by molar-refractivity contribution is 7.89. The summed E-state index contributed by atoms with van der Waals surface area (Å²) in [4.78, 5) is 26.4. The van der Waals surface area contributed by atoms with Crippen LogP contribution >= 0.6 is 0 Å². The molecule has 0 spiro atoms. The van der Waals surface area contributed by atoms with Crippen molar-refractivity contribution in [1.29, 1.82) is 0 Å². The average Bonchev–Trinajstić information content (AvgIpc) is 3.52. The van der Waals surface area contributed by atoms with Gasteiger partial charge in [0.2, 0.25) is 15.9 Å². The predicted molar refractivity (Wildman–Crippen MR) is 110 cm³/mol. The van der Waals surface area contributed by atoms with Crippen molar-refractivity contribution in [2.24, 2.45) is 5.73 Å². The van der Waals surface area contributed by atoms with E-state index in [2.05, 4.69) is 4.72 Å². The molecule has 2 aromatic carbocycles. The molecule has 0 atom stereocenters. The Morgan fingerprint density at radius 3 is 2.24 bits per heavy atom. The summed E-state index contributed by atoms with van der Waals surface area (Å²) in [7, 11) is -2.32. The number of amides is 2. The van der Waals surface area contributed by atoms with Gasteiger partial charge in [0.05, 0.1) is 4.90 Å². The minimum atomic E-state index is -3.67. The maximum Gasteiger partial charge on any atom is 0.254 e. The maximum atomic E-state index is 13.3. The molecule has 7 nitrogen and oxygen atoms in total. The molecule has 0 aromatic heterocycles. The third-order valence-corrected chi connectivity index (χ3v) is 6.81. The van der Waals surface area contributed by atoms with Crippen molar-refractivity contribution in [3.8, 4) is 0 Å². The number of nitrogens with two attached hydrogens (primary N) is 1. The summed E-state index contributed by atoms with van der Waals surface area (Å²) in [5.41, 5.74) is 8.28. The minimum absolute atomic E-state index is 0.116. The fraction of sp³-hybridized carbons (Fsp3) is 0.333. The van der Waals surface area contributed by atoms with Gasteiger partial charge in [-0.2, -0.15) is 0 Å². The topological polar surface area (TPSA) is 110 Å². The lowest BCUT2D eigenvalue weighted by Gasteiger charge is -2.24. The van der Waals surface area contributed by atoms with E-state index in [1.165, 1.54) is 13.1 Å². The Kier molecular flexibility index (Phi) is 5.77. The Balaban J connectivity index is 1.93. The van der Waals surface area contributed by atoms with E-state index in [0.29, 0.717) is 23.2 Å². The first kappa shape index (κ1) is 21.0. The van der Waals surface area contributed by atoms with E-state index in [1.54, 1.807) is 49.1 Å². The largest absolute Gasteiger partial charge is 0.366 e. The van der Waals surface area contributed by atoms with E-state index in [4.69, 9.17) is 5.73 Å². The Bertz CT molecular complexity index is 1060. The number of benzene rings is 2. The normalized spacial score (nSPS) is 13.9. The zero-order chi connectivity index (χ0) is 21.3. The zero-order valence-corrected chi connectivity index (χ0v) is 17.5. The molecule has 0 unspecified atom stereocenters. The van der Waals surface area contributed by atoms with Crippen LogP contribution in [-0.2, 0) is 16.6 Å². The predicted octanol–water partition coefficient (Wildman–Crippen LogP) is 2.12. The van der Waals surface area contributed by atoms with Crippen LogP contribution in [0, 0.1) is 13.8 Å². The van der Waals surface area contributed by atoms with Crippen LogP contribution in [0.25, 0.3) is 0 Å². The number of hydrogen-bond donors (Lipinski definition) is 2. The first-order chi connectivity index (χ1) is 13.6.